The van der Waals surface area contributed by atoms with Crippen molar-refractivity contribution >= 4 is 27.7 Å². The number of carbonyl (C=O) groups is 2. The van der Waals surface area contributed by atoms with Crippen molar-refractivity contribution in [2.45, 2.75) is 24.8 Å². The molecule has 9 nitrogen and oxygen atoms in total. The van der Waals surface area contributed by atoms with E-state index in [1.807, 2.05) is 6.92 Å². The second-order valence-corrected chi connectivity index (χ2v) is 6.91. The van der Waals surface area contributed by atoms with Gasteiger partial charge in [-0.05, 0) is 26.0 Å². The average molecular weight is 367 g/mol. The molecule has 10 heteroatoms. The largest absolute Gasteiger partial charge is 0.454 e. The number of hydrogen-bond acceptors (Lipinski definition) is 7. The summed E-state index contributed by atoms with van der Waals surface area (Å²) in [5.74, 6) is -1.34. The fourth-order valence-electron chi connectivity index (χ4n) is 1.78. The summed E-state index contributed by atoms with van der Waals surface area (Å²) < 4.78 is 35.9. The van der Waals surface area contributed by atoms with Crippen LogP contribution in [-0.2, 0) is 24.3 Å². The number of hydrogen-bond donors (Lipinski definition) is 2. The molecule has 0 spiro atoms. The molecule has 1 aromatic carbocycles. The van der Waals surface area contributed by atoms with E-state index in [1.165, 1.54) is 31.4 Å². The van der Waals surface area contributed by atoms with Crippen LogP contribution in [0.2, 0.25) is 0 Å². The first-order valence-corrected chi connectivity index (χ1v) is 8.72. The van der Waals surface area contributed by atoms with Crippen molar-refractivity contribution in [2.24, 2.45) is 0 Å². The molecule has 2 N–H and O–H groups in total. The van der Waals surface area contributed by atoms with Crippen molar-refractivity contribution in [1.29, 1.82) is 0 Å². The monoisotopic (exact) mass is 367 g/mol. The Morgan fingerprint density at radius 3 is 2.52 bits per heavy atom. The van der Waals surface area contributed by atoms with Gasteiger partial charge in [0.1, 0.15) is 12.3 Å². The number of benzene rings is 1. The molecule has 1 aromatic heterocycles. The molecule has 0 bridgehead atoms. The number of ether oxygens (including phenoxy) is 1. The SMILES string of the molecule is Cc1ccc(S(=O)(=O)N[C@@H](C)C(=O)OCC(=O)Nc2ccon2)cc1. The van der Waals surface area contributed by atoms with Crippen molar-refractivity contribution in [1.82, 2.24) is 9.88 Å². The van der Waals surface area contributed by atoms with Crippen molar-refractivity contribution in [2.75, 3.05) is 11.9 Å². The molecule has 0 unspecified atom stereocenters. The molecule has 0 aliphatic carbocycles. The molecule has 2 aromatic rings. The lowest BCUT2D eigenvalue weighted by Crippen LogP contribution is -2.40. The number of esters is 1. The number of sulfonamides is 1. The van der Waals surface area contributed by atoms with E-state index in [-0.39, 0.29) is 10.7 Å². The molecule has 0 fully saturated rings. The van der Waals surface area contributed by atoms with Crippen molar-refractivity contribution in [3.05, 3.63) is 42.2 Å². The molecule has 0 saturated carbocycles. The topological polar surface area (TPSA) is 128 Å². The average Bonchev–Trinajstić information content (AvgIpc) is 3.05. The van der Waals surface area contributed by atoms with E-state index in [0.29, 0.717) is 0 Å². The van der Waals surface area contributed by atoms with Gasteiger partial charge in [0.15, 0.2) is 12.4 Å². The van der Waals surface area contributed by atoms with Gasteiger partial charge in [0.05, 0.1) is 4.90 Å². The van der Waals surface area contributed by atoms with E-state index in [4.69, 9.17) is 4.74 Å². The second kappa shape index (κ2) is 7.90. The van der Waals surface area contributed by atoms with Crippen LogP contribution in [0.1, 0.15) is 12.5 Å². The number of rotatable bonds is 7. The molecule has 25 heavy (non-hydrogen) atoms. The zero-order chi connectivity index (χ0) is 18.4. The minimum atomic E-state index is -3.87. The van der Waals surface area contributed by atoms with Gasteiger partial charge < -0.3 is 14.6 Å². The van der Waals surface area contributed by atoms with Gasteiger partial charge in [-0.3, -0.25) is 9.59 Å². The summed E-state index contributed by atoms with van der Waals surface area (Å²) in [6.45, 7) is 2.57. The normalized spacial score (nSPS) is 12.4. The van der Waals surface area contributed by atoms with Crippen molar-refractivity contribution < 1.29 is 27.3 Å². The van der Waals surface area contributed by atoms with Gasteiger partial charge in [-0.1, -0.05) is 22.9 Å². The van der Waals surface area contributed by atoms with Gasteiger partial charge in [-0.15, -0.1) is 0 Å². The van der Waals surface area contributed by atoms with Crippen molar-refractivity contribution in [3.8, 4) is 0 Å². The number of anilines is 1. The van der Waals surface area contributed by atoms with Gasteiger partial charge in [0, 0.05) is 6.07 Å². The van der Waals surface area contributed by atoms with Crippen LogP contribution in [0.5, 0.6) is 0 Å². The number of aryl methyl sites for hydroxylation is 1. The first-order chi connectivity index (χ1) is 11.8. The summed E-state index contributed by atoms with van der Waals surface area (Å²) in [6, 6.07) is 6.41. The zero-order valence-electron chi connectivity index (χ0n) is 13.6. The van der Waals surface area contributed by atoms with Gasteiger partial charge in [-0.25, -0.2) is 8.42 Å². The maximum atomic E-state index is 12.2. The molecule has 0 aliphatic heterocycles. The minimum absolute atomic E-state index is 0.0292. The smallest absolute Gasteiger partial charge is 0.324 e. The van der Waals surface area contributed by atoms with E-state index in [2.05, 4.69) is 19.7 Å². The van der Waals surface area contributed by atoms with Crippen LogP contribution < -0.4 is 10.0 Å². The molecule has 0 saturated heterocycles. The molecular formula is C15H17N3O6S. The summed E-state index contributed by atoms with van der Waals surface area (Å²) in [5, 5.41) is 5.80. The Labute approximate surface area is 144 Å². The third kappa shape index (κ3) is 5.40. The number of carbonyl (C=O) groups excluding carboxylic acids is 2. The molecule has 1 heterocycles. The van der Waals surface area contributed by atoms with E-state index < -0.39 is 34.5 Å². The Balaban J connectivity index is 1.87. The number of nitrogens with zero attached hydrogens (tertiary/aromatic N) is 1. The number of aromatic nitrogens is 1. The molecule has 0 aliphatic rings. The van der Waals surface area contributed by atoms with Crippen LogP contribution >= 0.6 is 0 Å². The molecule has 2 rings (SSSR count). The minimum Gasteiger partial charge on any atom is -0.454 e. The van der Waals surface area contributed by atoms with Crippen LogP contribution in [0.25, 0.3) is 0 Å². The highest BCUT2D eigenvalue weighted by molar-refractivity contribution is 7.89. The summed E-state index contributed by atoms with van der Waals surface area (Å²) in [5.41, 5.74) is 0.907. The van der Waals surface area contributed by atoms with Crippen LogP contribution in [0.4, 0.5) is 5.82 Å². The predicted octanol–water partition coefficient (Wildman–Crippen LogP) is 0.832. The third-order valence-electron chi connectivity index (χ3n) is 3.07. The molecule has 1 atom stereocenters. The summed E-state index contributed by atoms with van der Waals surface area (Å²) in [7, 11) is -3.87. The predicted molar refractivity (Wildman–Crippen MR) is 87.1 cm³/mol. The fourth-order valence-corrected chi connectivity index (χ4v) is 2.98. The highest BCUT2D eigenvalue weighted by atomic mass is 32.2. The van der Waals surface area contributed by atoms with Gasteiger partial charge in [0.2, 0.25) is 10.0 Å². The van der Waals surface area contributed by atoms with Crippen LogP contribution in [-0.4, -0.2) is 38.1 Å². The summed E-state index contributed by atoms with van der Waals surface area (Å²) in [4.78, 5) is 23.4. The zero-order valence-corrected chi connectivity index (χ0v) is 14.4. The van der Waals surface area contributed by atoms with Crippen LogP contribution in [0, 0.1) is 6.92 Å². The quantitative estimate of drug-likeness (QED) is 0.694. The van der Waals surface area contributed by atoms with Crippen molar-refractivity contribution in [3.63, 3.8) is 0 Å². The van der Waals surface area contributed by atoms with Crippen LogP contribution in [0.3, 0.4) is 0 Å². The second-order valence-electron chi connectivity index (χ2n) is 5.20. The molecule has 1 amide bonds. The lowest BCUT2D eigenvalue weighted by atomic mass is 10.2. The summed E-state index contributed by atoms with van der Waals surface area (Å²) in [6.07, 6.45) is 1.27. The van der Waals surface area contributed by atoms with Gasteiger partial charge >= 0.3 is 5.97 Å². The Bertz CT molecular complexity index is 831. The molecule has 134 valence electrons. The molecule has 0 radical (unpaired) electrons. The Hall–Kier alpha value is -2.72. The van der Waals surface area contributed by atoms with Gasteiger partial charge in [0.25, 0.3) is 5.91 Å². The fraction of sp³-hybridized carbons (Fsp3) is 0.267. The number of amides is 1. The first-order valence-electron chi connectivity index (χ1n) is 7.24. The Morgan fingerprint density at radius 2 is 1.92 bits per heavy atom. The number of nitrogens with one attached hydrogen (secondary N) is 2. The lowest BCUT2D eigenvalue weighted by Gasteiger charge is -2.13. The first kappa shape index (κ1) is 18.6. The standard InChI is InChI=1S/C15H17N3O6S/c1-10-3-5-12(6-4-10)25(21,22)18-11(2)15(20)23-9-14(19)16-13-7-8-24-17-13/h3-8,11,18H,9H2,1-2H3,(H,16,17,19)/t11-/m0/s1. The summed E-state index contributed by atoms with van der Waals surface area (Å²) >= 11 is 0. The third-order valence-corrected chi connectivity index (χ3v) is 4.62. The maximum absolute atomic E-state index is 12.2. The maximum Gasteiger partial charge on any atom is 0.324 e. The molecular weight excluding hydrogens is 350 g/mol. The van der Waals surface area contributed by atoms with Gasteiger partial charge in [-0.2, -0.15) is 4.72 Å². The van der Waals surface area contributed by atoms with E-state index in [1.54, 1.807) is 12.1 Å². The van der Waals surface area contributed by atoms with Crippen LogP contribution in [0.15, 0.2) is 46.0 Å². The Morgan fingerprint density at radius 1 is 1.24 bits per heavy atom. The highest BCUT2D eigenvalue weighted by Gasteiger charge is 2.23. The van der Waals surface area contributed by atoms with E-state index in [0.717, 1.165) is 5.56 Å². The Kier molecular flexibility index (Phi) is 5.88. The van der Waals surface area contributed by atoms with E-state index >= 15 is 0 Å². The highest BCUT2D eigenvalue weighted by Crippen LogP contribution is 2.10. The van der Waals surface area contributed by atoms with E-state index in [9.17, 15) is 18.0 Å². The lowest BCUT2D eigenvalue weighted by molar-refractivity contribution is -0.148.